The van der Waals surface area contributed by atoms with Crippen LogP contribution in [0.1, 0.15) is 51.0 Å². The van der Waals surface area contributed by atoms with Gasteiger partial charge in [-0.15, -0.1) is 0 Å². The van der Waals surface area contributed by atoms with Crippen LogP contribution in [0.4, 0.5) is 4.39 Å². The Morgan fingerprint density at radius 1 is 1.03 bits per heavy atom. The maximum absolute atomic E-state index is 13.2. The highest BCUT2D eigenvalue weighted by molar-refractivity contribution is 5.88. The van der Waals surface area contributed by atoms with Crippen molar-refractivity contribution < 1.29 is 23.5 Å². The highest BCUT2D eigenvalue weighted by Crippen LogP contribution is 2.20. The summed E-state index contributed by atoms with van der Waals surface area (Å²) in [5.74, 6) is 0.307. The van der Waals surface area contributed by atoms with Crippen LogP contribution in [0, 0.1) is 5.82 Å². The summed E-state index contributed by atoms with van der Waals surface area (Å²) in [5.41, 5.74) is 0.884. The molecule has 0 bridgehead atoms. The molecule has 7 heteroatoms. The van der Waals surface area contributed by atoms with Gasteiger partial charge >= 0.3 is 0 Å². The number of amides is 2. The molecule has 0 saturated heterocycles. The van der Waals surface area contributed by atoms with Crippen molar-refractivity contribution >= 4 is 11.8 Å². The summed E-state index contributed by atoms with van der Waals surface area (Å²) in [6, 6.07) is 12.5. The zero-order chi connectivity index (χ0) is 23.6. The van der Waals surface area contributed by atoms with Crippen LogP contribution >= 0.6 is 0 Å². The fourth-order valence-electron chi connectivity index (χ4n) is 4.15. The molecule has 1 fully saturated rings. The van der Waals surface area contributed by atoms with E-state index < -0.39 is 6.04 Å². The van der Waals surface area contributed by atoms with Crippen molar-refractivity contribution in [2.75, 3.05) is 13.7 Å². The van der Waals surface area contributed by atoms with E-state index in [4.69, 9.17) is 9.47 Å². The molecule has 1 saturated carbocycles. The highest BCUT2D eigenvalue weighted by Gasteiger charge is 2.30. The SMILES string of the molecule is CCC(C(=O)NC1CCCCC1)N(Cc1ccc(OC)cc1)C(=O)COc1ccc(F)cc1. The van der Waals surface area contributed by atoms with Crippen LogP contribution in [0.15, 0.2) is 48.5 Å². The van der Waals surface area contributed by atoms with E-state index in [1.165, 1.54) is 30.7 Å². The molecule has 2 aromatic carbocycles. The third-order valence-corrected chi connectivity index (χ3v) is 6.03. The molecule has 0 aliphatic heterocycles. The third kappa shape index (κ3) is 7.20. The number of ether oxygens (including phenoxy) is 2. The van der Waals surface area contributed by atoms with Crippen molar-refractivity contribution in [2.45, 2.75) is 64.1 Å². The van der Waals surface area contributed by atoms with E-state index in [2.05, 4.69) is 5.32 Å². The Labute approximate surface area is 195 Å². The first-order valence-electron chi connectivity index (χ1n) is 11.6. The predicted molar refractivity (Wildman–Crippen MR) is 125 cm³/mol. The number of nitrogens with zero attached hydrogens (tertiary/aromatic N) is 1. The van der Waals surface area contributed by atoms with Crippen LogP contribution in [0.25, 0.3) is 0 Å². The quantitative estimate of drug-likeness (QED) is 0.573. The molecule has 2 amide bonds. The standard InChI is InChI=1S/C26H33FN2O4/c1-3-24(26(31)28-21-7-5-4-6-8-21)29(17-19-9-13-22(32-2)14-10-19)25(30)18-33-23-15-11-20(27)12-16-23/h9-16,21,24H,3-8,17-18H2,1-2H3,(H,28,31). The molecule has 1 unspecified atom stereocenters. The molecule has 1 atom stereocenters. The summed E-state index contributed by atoms with van der Waals surface area (Å²) >= 11 is 0. The molecule has 33 heavy (non-hydrogen) atoms. The van der Waals surface area contributed by atoms with Gasteiger partial charge in [0, 0.05) is 12.6 Å². The molecular formula is C26H33FN2O4. The maximum Gasteiger partial charge on any atom is 0.261 e. The Hall–Kier alpha value is -3.09. The highest BCUT2D eigenvalue weighted by atomic mass is 19.1. The molecule has 178 valence electrons. The second-order valence-corrected chi connectivity index (χ2v) is 8.38. The predicted octanol–water partition coefficient (Wildman–Crippen LogP) is 4.47. The summed E-state index contributed by atoms with van der Waals surface area (Å²) < 4.78 is 24.0. The van der Waals surface area contributed by atoms with Crippen molar-refractivity contribution in [3.05, 3.63) is 59.9 Å². The van der Waals surface area contributed by atoms with Crippen molar-refractivity contribution in [1.82, 2.24) is 10.2 Å². The molecule has 6 nitrogen and oxygen atoms in total. The minimum Gasteiger partial charge on any atom is -0.497 e. The van der Waals surface area contributed by atoms with E-state index >= 15 is 0 Å². The van der Waals surface area contributed by atoms with Gasteiger partial charge in [-0.25, -0.2) is 4.39 Å². The Morgan fingerprint density at radius 3 is 2.27 bits per heavy atom. The van der Waals surface area contributed by atoms with Gasteiger partial charge in [0.25, 0.3) is 5.91 Å². The Balaban J connectivity index is 1.74. The molecule has 0 spiro atoms. The van der Waals surface area contributed by atoms with Gasteiger partial charge in [-0.2, -0.15) is 0 Å². The number of carbonyl (C=O) groups excluding carboxylic acids is 2. The molecule has 3 rings (SSSR count). The average molecular weight is 457 g/mol. The van der Waals surface area contributed by atoms with E-state index in [0.717, 1.165) is 37.0 Å². The fourth-order valence-corrected chi connectivity index (χ4v) is 4.15. The van der Waals surface area contributed by atoms with Crippen LogP contribution in [-0.4, -0.2) is 42.5 Å². The molecule has 0 radical (unpaired) electrons. The normalized spacial score (nSPS) is 14.9. The topological polar surface area (TPSA) is 67.9 Å². The number of halogens is 1. The third-order valence-electron chi connectivity index (χ3n) is 6.03. The van der Waals surface area contributed by atoms with Gasteiger partial charge in [0.1, 0.15) is 23.4 Å². The molecule has 1 N–H and O–H groups in total. The van der Waals surface area contributed by atoms with Gasteiger partial charge in [-0.05, 0) is 61.2 Å². The summed E-state index contributed by atoms with van der Waals surface area (Å²) in [7, 11) is 1.60. The second kappa shape index (κ2) is 12.2. The molecular weight excluding hydrogens is 423 g/mol. The van der Waals surface area contributed by atoms with Crippen LogP contribution in [0.3, 0.4) is 0 Å². The lowest BCUT2D eigenvalue weighted by Crippen LogP contribution is -2.52. The average Bonchev–Trinajstić information content (AvgIpc) is 2.84. The lowest BCUT2D eigenvalue weighted by atomic mass is 9.95. The first-order valence-corrected chi connectivity index (χ1v) is 11.6. The summed E-state index contributed by atoms with van der Waals surface area (Å²) in [6.07, 6.45) is 5.86. The summed E-state index contributed by atoms with van der Waals surface area (Å²) in [4.78, 5) is 28.0. The van der Waals surface area contributed by atoms with Crippen LogP contribution in [-0.2, 0) is 16.1 Å². The Kier molecular flexibility index (Phi) is 9.10. The second-order valence-electron chi connectivity index (χ2n) is 8.38. The number of hydrogen-bond acceptors (Lipinski definition) is 4. The summed E-state index contributed by atoms with van der Waals surface area (Å²) in [6.45, 7) is 1.93. The minimum absolute atomic E-state index is 0.131. The maximum atomic E-state index is 13.2. The Morgan fingerprint density at radius 2 is 1.67 bits per heavy atom. The molecule has 1 aliphatic carbocycles. The van der Waals surface area contributed by atoms with Gasteiger partial charge in [-0.1, -0.05) is 38.3 Å². The van der Waals surface area contributed by atoms with Crippen molar-refractivity contribution in [3.8, 4) is 11.5 Å². The lowest BCUT2D eigenvalue weighted by molar-refractivity contribution is -0.143. The molecule has 0 heterocycles. The van der Waals surface area contributed by atoms with Crippen molar-refractivity contribution in [3.63, 3.8) is 0 Å². The van der Waals surface area contributed by atoms with Crippen molar-refractivity contribution in [2.24, 2.45) is 0 Å². The van der Waals surface area contributed by atoms with E-state index in [0.29, 0.717) is 12.2 Å². The minimum atomic E-state index is -0.613. The summed E-state index contributed by atoms with van der Waals surface area (Å²) in [5, 5.41) is 3.15. The molecule has 2 aromatic rings. The lowest BCUT2D eigenvalue weighted by Gasteiger charge is -2.32. The van der Waals surface area contributed by atoms with E-state index in [1.54, 1.807) is 12.0 Å². The number of methoxy groups -OCH3 is 1. The fraction of sp³-hybridized carbons (Fsp3) is 0.462. The monoisotopic (exact) mass is 456 g/mol. The van der Waals surface area contributed by atoms with Gasteiger partial charge in [0.15, 0.2) is 6.61 Å². The first kappa shape index (κ1) is 24.6. The number of hydrogen-bond donors (Lipinski definition) is 1. The smallest absolute Gasteiger partial charge is 0.261 e. The van der Waals surface area contributed by atoms with Crippen molar-refractivity contribution in [1.29, 1.82) is 0 Å². The van der Waals surface area contributed by atoms with Crippen LogP contribution < -0.4 is 14.8 Å². The Bertz CT molecular complexity index is 896. The van der Waals surface area contributed by atoms with Gasteiger partial charge in [0.05, 0.1) is 7.11 Å². The zero-order valence-corrected chi connectivity index (χ0v) is 19.4. The van der Waals surface area contributed by atoms with Crippen LogP contribution in [0.2, 0.25) is 0 Å². The zero-order valence-electron chi connectivity index (χ0n) is 19.4. The number of carbonyl (C=O) groups is 2. The first-order chi connectivity index (χ1) is 16.0. The largest absolute Gasteiger partial charge is 0.497 e. The molecule has 1 aliphatic rings. The molecule has 0 aromatic heterocycles. The number of nitrogens with one attached hydrogen (secondary N) is 1. The number of benzene rings is 2. The van der Waals surface area contributed by atoms with Crippen LogP contribution in [0.5, 0.6) is 11.5 Å². The van der Waals surface area contributed by atoms with E-state index in [1.807, 2.05) is 31.2 Å². The van der Waals surface area contributed by atoms with E-state index in [-0.39, 0.29) is 36.8 Å². The van der Waals surface area contributed by atoms with E-state index in [9.17, 15) is 14.0 Å². The van der Waals surface area contributed by atoms with Gasteiger partial charge in [-0.3, -0.25) is 9.59 Å². The number of rotatable bonds is 10. The van der Waals surface area contributed by atoms with Gasteiger partial charge in [0.2, 0.25) is 5.91 Å². The van der Waals surface area contributed by atoms with Gasteiger partial charge < -0.3 is 19.7 Å².